The molecule has 2 rings (SSSR count). The molecular weight excluding hydrogens is 258 g/mol. The van der Waals surface area contributed by atoms with Gasteiger partial charge in [-0.05, 0) is 23.8 Å². The van der Waals surface area contributed by atoms with E-state index < -0.39 is 11.9 Å². The third kappa shape index (κ3) is 2.07. The fraction of sp³-hybridized carbons (Fsp3) is 0.300. The van der Waals surface area contributed by atoms with Crippen molar-refractivity contribution in [3.8, 4) is 0 Å². The van der Waals surface area contributed by atoms with Gasteiger partial charge in [-0.3, -0.25) is 4.79 Å². The molecule has 0 saturated heterocycles. The van der Waals surface area contributed by atoms with Crippen LogP contribution in [0.3, 0.4) is 0 Å². The third-order valence-electron chi connectivity index (χ3n) is 2.49. The minimum Gasteiger partial charge on any atom is -0.481 e. The van der Waals surface area contributed by atoms with Crippen molar-refractivity contribution in [3.05, 3.63) is 33.8 Å². The number of carboxylic acids is 1. The van der Waals surface area contributed by atoms with Gasteiger partial charge in [-0.15, -0.1) is 11.6 Å². The second-order valence-electron chi connectivity index (χ2n) is 3.54. The number of halogens is 3. The summed E-state index contributed by atoms with van der Waals surface area (Å²) < 4.78 is 0. The van der Waals surface area contributed by atoms with Crippen LogP contribution in [0.2, 0.25) is 10.0 Å². The van der Waals surface area contributed by atoms with Gasteiger partial charge in [0.25, 0.3) is 0 Å². The summed E-state index contributed by atoms with van der Waals surface area (Å²) in [5.41, 5.74) is 0.792. The number of hydrogen-bond acceptors (Lipinski definition) is 1. The highest BCUT2D eigenvalue weighted by molar-refractivity contribution is 6.34. The monoisotopic (exact) mass is 264 g/mol. The summed E-state index contributed by atoms with van der Waals surface area (Å²) >= 11 is 17.5. The zero-order chi connectivity index (χ0) is 11.2. The van der Waals surface area contributed by atoms with Crippen molar-refractivity contribution in [2.45, 2.75) is 11.3 Å². The minimum absolute atomic E-state index is 0.180. The summed E-state index contributed by atoms with van der Waals surface area (Å²) in [6, 6.07) is 5.01. The molecule has 3 atom stereocenters. The lowest BCUT2D eigenvalue weighted by Crippen LogP contribution is -2.00. The lowest BCUT2D eigenvalue weighted by atomic mass is 10.1. The maximum atomic E-state index is 10.8. The van der Waals surface area contributed by atoms with Gasteiger partial charge < -0.3 is 5.11 Å². The highest BCUT2D eigenvalue weighted by Gasteiger charge is 2.55. The van der Waals surface area contributed by atoms with Crippen LogP contribution in [0.1, 0.15) is 11.5 Å². The van der Waals surface area contributed by atoms with E-state index in [2.05, 4.69) is 0 Å². The molecule has 0 spiro atoms. The van der Waals surface area contributed by atoms with Gasteiger partial charge in [0, 0.05) is 16.0 Å². The smallest absolute Gasteiger partial charge is 0.308 e. The molecule has 0 aliphatic heterocycles. The van der Waals surface area contributed by atoms with Gasteiger partial charge in [0.1, 0.15) is 0 Å². The van der Waals surface area contributed by atoms with E-state index in [9.17, 15) is 4.79 Å². The molecule has 0 amide bonds. The summed E-state index contributed by atoms with van der Waals surface area (Å²) in [6.45, 7) is 0. The van der Waals surface area contributed by atoms with Gasteiger partial charge in [-0.2, -0.15) is 0 Å². The molecule has 1 N–H and O–H groups in total. The number of alkyl halides is 1. The third-order valence-corrected chi connectivity index (χ3v) is 3.47. The molecule has 5 heteroatoms. The Hall–Kier alpha value is -0.440. The standard InChI is InChI=1S/C10H7Cl3O2/c11-5-1-4(2-6(12)3-5)7-8(9(7)13)10(14)15/h1-3,7-9H,(H,14,15). The second kappa shape index (κ2) is 3.85. The molecule has 2 nitrogen and oxygen atoms in total. The molecule has 3 unspecified atom stereocenters. The van der Waals surface area contributed by atoms with Crippen molar-refractivity contribution >= 4 is 40.8 Å². The molecule has 0 radical (unpaired) electrons. The van der Waals surface area contributed by atoms with Crippen LogP contribution in [-0.2, 0) is 4.79 Å². The molecule has 1 aromatic carbocycles. The first-order chi connectivity index (χ1) is 7.00. The highest BCUT2D eigenvalue weighted by atomic mass is 35.5. The highest BCUT2D eigenvalue weighted by Crippen LogP contribution is 2.52. The number of aliphatic carboxylic acids is 1. The Morgan fingerprint density at radius 2 is 1.73 bits per heavy atom. The molecule has 15 heavy (non-hydrogen) atoms. The summed E-state index contributed by atoms with van der Waals surface area (Å²) in [4.78, 5) is 10.8. The van der Waals surface area contributed by atoms with Crippen molar-refractivity contribution in [2.75, 3.05) is 0 Å². The first-order valence-corrected chi connectivity index (χ1v) is 5.53. The quantitative estimate of drug-likeness (QED) is 0.832. The molecule has 0 bridgehead atoms. The maximum Gasteiger partial charge on any atom is 0.308 e. The van der Waals surface area contributed by atoms with Crippen molar-refractivity contribution in [3.63, 3.8) is 0 Å². The lowest BCUT2D eigenvalue weighted by molar-refractivity contribution is -0.138. The Bertz CT molecular complexity index is 399. The van der Waals surface area contributed by atoms with Gasteiger partial charge in [0.2, 0.25) is 0 Å². The first kappa shape index (κ1) is 11.1. The Kier molecular flexibility index (Phi) is 2.84. The molecular formula is C10H7Cl3O2. The Morgan fingerprint density at radius 1 is 1.20 bits per heavy atom. The summed E-state index contributed by atoms with van der Waals surface area (Å²) in [6.07, 6.45) is 0. The topological polar surface area (TPSA) is 37.3 Å². The SMILES string of the molecule is O=C(O)C1C(Cl)C1c1cc(Cl)cc(Cl)c1. The number of carbonyl (C=O) groups is 1. The van der Waals surface area contributed by atoms with Crippen LogP contribution in [0.4, 0.5) is 0 Å². The fourth-order valence-electron chi connectivity index (χ4n) is 1.72. The summed E-state index contributed by atoms with van der Waals surface area (Å²) in [7, 11) is 0. The zero-order valence-electron chi connectivity index (χ0n) is 7.45. The molecule has 1 fully saturated rings. The van der Waals surface area contributed by atoms with Gasteiger partial charge in [-0.1, -0.05) is 23.2 Å². The van der Waals surface area contributed by atoms with E-state index in [1.54, 1.807) is 18.2 Å². The van der Waals surface area contributed by atoms with E-state index in [0.717, 1.165) is 5.56 Å². The van der Waals surface area contributed by atoms with Crippen molar-refractivity contribution in [1.82, 2.24) is 0 Å². The minimum atomic E-state index is -0.879. The van der Waals surface area contributed by atoms with Gasteiger partial charge in [0.15, 0.2) is 0 Å². The van der Waals surface area contributed by atoms with Gasteiger partial charge in [0.05, 0.1) is 11.3 Å². The van der Waals surface area contributed by atoms with E-state index in [-0.39, 0.29) is 11.3 Å². The number of rotatable bonds is 2. The predicted octanol–water partition coefficient (Wildman–Crippen LogP) is 3.40. The van der Waals surface area contributed by atoms with E-state index >= 15 is 0 Å². The maximum absolute atomic E-state index is 10.8. The van der Waals surface area contributed by atoms with Crippen LogP contribution >= 0.6 is 34.8 Å². The van der Waals surface area contributed by atoms with Crippen LogP contribution in [0.15, 0.2) is 18.2 Å². The molecule has 1 aliphatic rings. The molecule has 0 aromatic heterocycles. The Labute approximate surface area is 102 Å². The summed E-state index contributed by atoms with van der Waals surface area (Å²) in [5, 5.41) is 9.47. The average molecular weight is 266 g/mol. The first-order valence-electron chi connectivity index (χ1n) is 4.33. The van der Waals surface area contributed by atoms with Crippen molar-refractivity contribution in [1.29, 1.82) is 0 Å². The van der Waals surface area contributed by atoms with Crippen LogP contribution in [0.5, 0.6) is 0 Å². The van der Waals surface area contributed by atoms with E-state index in [0.29, 0.717) is 10.0 Å². The van der Waals surface area contributed by atoms with E-state index in [1.165, 1.54) is 0 Å². The van der Waals surface area contributed by atoms with Crippen molar-refractivity contribution < 1.29 is 9.90 Å². The Morgan fingerprint density at radius 3 is 2.13 bits per heavy atom. The second-order valence-corrected chi connectivity index (χ2v) is 4.91. The number of benzene rings is 1. The van der Waals surface area contributed by atoms with Gasteiger partial charge in [-0.25, -0.2) is 0 Å². The van der Waals surface area contributed by atoms with Crippen LogP contribution in [0, 0.1) is 5.92 Å². The number of hydrogen-bond donors (Lipinski definition) is 1. The largest absolute Gasteiger partial charge is 0.481 e. The lowest BCUT2D eigenvalue weighted by Gasteiger charge is -2.00. The number of carboxylic acid groups (broad SMARTS) is 1. The molecule has 1 saturated carbocycles. The Balaban J connectivity index is 2.29. The normalized spacial score (nSPS) is 28.9. The summed E-state index contributed by atoms with van der Waals surface area (Å²) in [5.74, 6) is -1.59. The molecule has 1 aromatic rings. The van der Waals surface area contributed by atoms with E-state index in [1.807, 2.05) is 0 Å². The fourth-order valence-corrected chi connectivity index (χ4v) is 2.75. The zero-order valence-corrected chi connectivity index (χ0v) is 9.72. The average Bonchev–Trinajstić information content (AvgIpc) is 2.75. The van der Waals surface area contributed by atoms with E-state index in [4.69, 9.17) is 39.9 Å². The predicted molar refractivity (Wildman–Crippen MR) is 60.0 cm³/mol. The van der Waals surface area contributed by atoms with Crippen LogP contribution < -0.4 is 0 Å². The molecule has 1 aliphatic carbocycles. The van der Waals surface area contributed by atoms with Gasteiger partial charge >= 0.3 is 5.97 Å². The molecule has 80 valence electrons. The molecule has 0 heterocycles. The van der Waals surface area contributed by atoms with Crippen LogP contribution in [0.25, 0.3) is 0 Å². The van der Waals surface area contributed by atoms with Crippen LogP contribution in [-0.4, -0.2) is 16.5 Å². The van der Waals surface area contributed by atoms with Crippen molar-refractivity contribution in [2.24, 2.45) is 5.92 Å².